The van der Waals surface area contributed by atoms with Gasteiger partial charge in [0.25, 0.3) is 0 Å². The van der Waals surface area contributed by atoms with Crippen molar-refractivity contribution in [3.63, 3.8) is 0 Å². The van der Waals surface area contributed by atoms with Crippen molar-refractivity contribution >= 4 is 40.5 Å². The summed E-state index contributed by atoms with van der Waals surface area (Å²) in [7, 11) is 1.61. The van der Waals surface area contributed by atoms with Crippen molar-refractivity contribution in [2.75, 3.05) is 20.3 Å². The van der Waals surface area contributed by atoms with Gasteiger partial charge in [0, 0.05) is 25.3 Å². The molecule has 0 amide bonds. The predicted octanol–water partition coefficient (Wildman–Crippen LogP) is 7.94. The van der Waals surface area contributed by atoms with Crippen LogP contribution in [0, 0.1) is 6.92 Å². The normalized spacial score (nSPS) is 11.6. The van der Waals surface area contributed by atoms with Crippen LogP contribution in [0.15, 0.2) is 5.03 Å². The fraction of sp³-hybridized carbons (Fsp3) is 0.786. The molecule has 0 aliphatic heterocycles. The smallest absolute Gasteiger partial charge is 0.305 e. The molecular formula is C28H47ClN4O3S. The fourth-order valence-corrected chi connectivity index (χ4v) is 5.57. The van der Waals surface area contributed by atoms with E-state index in [4.69, 9.17) is 21.1 Å². The Bertz CT molecular complexity index is 922. The highest BCUT2D eigenvalue weighted by Crippen LogP contribution is 2.30. The van der Waals surface area contributed by atoms with Crippen molar-refractivity contribution in [1.29, 1.82) is 0 Å². The van der Waals surface area contributed by atoms with Gasteiger partial charge in [-0.25, -0.2) is 9.97 Å². The van der Waals surface area contributed by atoms with Gasteiger partial charge >= 0.3 is 5.97 Å². The maximum Gasteiger partial charge on any atom is 0.305 e. The summed E-state index contributed by atoms with van der Waals surface area (Å²) in [6.07, 6.45) is 16.7. The molecule has 2 heterocycles. The van der Waals surface area contributed by atoms with Crippen LogP contribution < -0.4 is 0 Å². The number of unbranched alkanes of at least 4 members (excludes halogenated alkanes) is 12. The molecule has 0 N–H and O–H groups in total. The molecule has 9 heteroatoms. The number of imidazole rings is 1. The molecule has 0 radical (unpaired) electrons. The van der Waals surface area contributed by atoms with Crippen LogP contribution in [0.4, 0.5) is 0 Å². The molecule has 37 heavy (non-hydrogen) atoms. The Hall–Kier alpha value is -1.38. The van der Waals surface area contributed by atoms with Crippen molar-refractivity contribution in [2.24, 2.45) is 0 Å². The van der Waals surface area contributed by atoms with Crippen molar-refractivity contribution in [3.05, 3.63) is 11.1 Å². The third-order valence-electron chi connectivity index (χ3n) is 6.40. The van der Waals surface area contributed by atoms with E-state index >= 15 is 0 Å². The van der Waals surface area contributed by atoms with Crippen LogP contribution in [-0.4, -0.2) is 51.1 Å². The van der Waals surface area contributed by atoms with Gasteiger partial charge < -0.3 is 14.0 Å². The zero-order valence-corrected chi connectivity index (χ0v) is 25.0. The number of carbonyl (C=O) groups is 1. The SMILES string of the molecule is COCCOC(=O)CCCCCCCCCCCCCCCn1c(C)nc2nc(Cl)nc(SC(C)C)c21. The van der Waals surface area contributed by atoms with Crippen LogP contribution in [0.2, 0.25) is 5.28 Å². The number of halogens is 1. The number of fused-ring (bicyclic) bond motifs is 1. The summed E-state index contributed by atoms with van der Waals surface area (Å²) in [6.45, 7) is 8.16. The number of rotatable bonds is 21. The second-order valence-corrected chi connectivity index (χ2v) is 11.9. The summed E-state index contributed by atoms with van der Waals surface area (Å²) >= 11 is 7.85. The van der Waals surface area contributed by atoms with E-state index in [9.17, 15) is 4.79 Å². The maximum atomic E-state index is 11.5. The number of esters is 1. The van der Waals surface area contributed by atoms with Gasteiger partial charge in [-0.15, -0.1) is 11.8 Å². The van der Waals surface area contributed by atoms with Crippen LogP contribution in [-0.2, 0) is 20.8 Å². The van der Waals surface area contributed by atoms with E-state index in [2.05, 4.69) is 33.4 Å². The Labute approximate surface area is 232 Å². The number of carbonyl (C=O) groups excluding carboxylic acids is 1. The lowest BCUT2D eigenvalue weighted by atomic mass is 10.0. The summed E-state index contributed by atoms with van der Waals surface area (Å²) < 4.78 is 12.2. The number of thioether (sulfide) groups is 1. The third-order valence-corrected chi connectivity index (χ3v) is 7.54. The number of hydrogen-bond donors (Lipinski definition) is 0. The minimum atomic E-state index is -0.0998. The van der Waals surface area contributed by atoms with Crippen molar-refractivity contribution in [2.45, 2.75) is 127 Å². The van der Waals surface area contributed by atoms with Gasteiger partial charge in [-0.1, -0.05) is 84.5 Å². The lowest BCUT2D eigenvalue weighted by Gasteiger charge is -2.11. The van der Waals surface area contributed by atoms with Crippen molar-refractivity contribution < 1.29 is 14.3 Å². The van der Waals surface area contributed by atoms with Crippen LogP contribution in [0.3, 0.4) is 0 Å². The molecule has 0 saturated heterocycles. The van der Waals surface area contributed by atoms with Crippen molar-refractivity contribution in [1.82, 2.24) is 19.5 Å². The number of aryl methyl sites for hydroxylation is 2. The first-order valence-corrected chi connectivity index (χ1v) is 15.4. The maximum absolute atomic E-state index is 11.5. The Morgan fingerprint density at radius 1 is 0.865 bits per heavy atom. The molecule has 0 aromatic carbocycles. The minimum Gasteiger partial charge on any atom is -0.463 e. The Morgan fingerprint density at radius 3 is 2.00 bits per heavy atom. The molecule has 210 valence electrons. The molecule has 2 aromatic heterocycles. The number of ether oxygens (including phenoxy) is 2. The largest absolute Gasteiger partial charge is 0.463 e. The van der Waals surface area contributed by atoms with E-state index in [1.165, 1.54) is 64.2 Å². The first-order valence-electron chi connectivity index (χ1n) is 14.1. The van der Waals surface area contributed by atoms with Gasteiger partial charge in [-0.2, -0.15) is 4.98 Å². The Kier molecular flexibility index (Phi) is 16.2. The van der Waals surface area contributed by atoms with Crippen LogP contribution >= 0.6 is 23.4 Å². The van der Waals surface area contributed by atoms with Crippen LogP contribution in [0.1, 0.15) is 110 Å². The summed E-state index contributed by atoms with van der Waals surface area (Å²) in [6, 6.07) is 0. The molecule has 2 rings (SSSR count). The molecule has 0 unspecified atom stereocenters. The van der Waals surface area contributed by atoms with Gasteiger partial charge in [-0.3, -0.25) is 4.79 Å². The average Bonchev–Trinajstić information content (AvgIpc) is 3.16. The third kappa shape index (κ3) is 12.8. The van der Waals surface area contributed by atoms with E-state index in [0.29, 0.717) is 30.5 Å². The lowest BCUT2D eigenvalue weighted by Crippen LogP contribution is -2.09. The van der Waals surface area contributed by atoms with Gasteiger partial charge in [-0.05, 0) is 31.4 Å². The quantitative estimate of drug-likeness (QED) is 0.0509. The molecule has 7 nitrogen and oxygen atoms in total. The molecule has 0 fully saturated rings. The molecule has 0 bridgehead atoms. The van der Waals surface area contributed by atoms with E-state index in [1.54, 1.807) is 18.9 Å². The first-order chi connectivity index (χ1) is 17.9. The van der Waals surface area contributed by atoms with E-state index < -0.39 is 0 Å². The van der Waals surface area contributed by atoms with Crippen LogP contribution in [0.5, 0.6) is 0 Å². The molecule has 2 aromatic rings. The monoisotopic (exact) mass is 554 g/mol. The molecule has 0 aliphatic carbocycles. The zero-order chi connectivity index (χ0) is 26.9. The number of aromatic nitrogens is 4. The molecular weight excluding hydrogens is 508 g/mol. The molecule has 0 saturated carbocycles. The Balaban J connectivity index is 1.48. The second-order valence-electron chi connectivity index (χ2n) is 10.0. The number of hydrogen-bond acceptors (Lipinski definition) is 7. The van der Waals surface area contributed by atoms with Crippen molar-refractivity contribution in [3.8, 4) is 0 Å². The van der Waals surface area contributed by atoms with E-state index in [1.807, 2.05) is 6.92 Å². The highest BCUT2D eigenvalue weighted by atomic mass is 35.5. The number of nitrogens with zero attached hydrogens (tertiary/aromatic N) is 4. The molecule has 0 spiro atoms. The second kappa shape index (κ2) is 18.8. The fourth-order valence-electron chi connectivity index (χ4n) is 4.46. The summed E-state index contributed by atoms with van der Waals surface area (Å²) in [5, 5.41) is 1.63. The highest BCUT2D eigenvalue weighted by molar-refractivity contribution is 8.00. The average molecular weight is 555 g/mol. The first kappa shape index (κ1) is 31.8. The van der Waals surface area contributed by atoms with Gasteiger partial charge in [0.05, 0.1) is 6.61 Å². The minimum absolute atomic E-state index is 0.0998. The highest BCUT2D eigenvalue weighted by Gasteiger charge is 2.17. The predicted molar refractivity (Wildman–Crippen MR) is 154 cm³/mol. The summed E-state index contributed by atoms with van der Waals surface area (Å²) in [5.74, 6) is 0.884. The van der Waals surface area contributed by atoms with Gasteiger partial charge in [0.15, 0.2) is 5.65 Å². The van der Waals surface area contributed by atoms with E-state index in [0.717, 1.165) is 42.2 Å². The van der Waals surface area contributed by atoms with Crippen LogP contribution in [0.25, 0.3) is 11.2 Å². The lowest BCUT2D eigenvalue weighted by molar-refractivity contribution is -0.145. The van der Waals surface area contributed by atoms with Gasteiger partial charge in [0.2, 0.25) is 5.28 Å². The van der Waals surface area contributed by atoms with E-state index in [-0.39, 0.29) is 11.3 Å². The zero-order valence-electron chi connectivity index (χ0n) is 23.4. The van der Waals surface area contributed by atoms with Gasteiger partial charge in [0.1, 0.15) is 23.0 Å². The topological polar surface area (TPSA) is 79.1 Å². The molecule has 0 aliphatic rings. The Morgan fingerprint density at radius 2 is 1.43 bits per heavy atom. The number of methoxy groups -OCH3 is 1. The summed E-state index contributed by atoms with van der Waals surface area (Å²) in [4.78, 5) is 25.0. The standard InChI is InChI=1S/C28H47ClN4O3S/c1-22(2)37-27-25-26(31-28(29)32-27)30-23(3)33(25)19-17-15-13-11-9-7-5-6-8-10-12-14-16-18-24(34)36-21-20-35-4/h22H,5-21H2,1-4H3. The summed E-state index contributed by atoms with van der Waals surface area (Å²) in [5.41, 5.74) is 1.74. The molecule has 0 atom stereocenters.